The largest absolute Gasteiger partial charge is 0.481 e. The number of rotatable bonds is 4. The van der Waals surface area contributed by atoms with Crippen molar-refractivity contribution in [2.45, 2.75) is 12.1 Å². The molecule has 1 heterocycles. The van der Waals surface area contributed by atoms with Gasteiger partial charge in [-0.25, -0.2) is 0 Å². The summed E-state index contributed by atoms with van der Waals surface area (Å²) in [7, 11) is 0. The van der Waals surface area contributed by atoms with Crippen molar-refractivity contribution in [2.75, 3.05) is 32.7 Å². The van der Waals surface area contributed by atoms with Crippen LogP contribution in [0, 0.1) is 0 Å². The number of piperazine rings is 1. The quantitative estimate of drug-likeness (QED) is 0.890. The van der Waals surface area contributed by atoms with E-state index < -0.39 is 23.6 Å². The Hall–Kier alpha value is -1.60. The standard InChI is InChI=1S/C14H17F3N2O2/c15-14(16,17)11-3-1-10(2-4-11)12(13(20)21)9-19-7-5-18-6-8-19/h1-4,12,18H,5-9H2,(H,20,21). The fraction of sp³-hybridized carbons (Fsp3) is 0.500. The van der Waals surface area contributed by atoms with Crippen LogP contribution in [0.2, 0.25) is 0 Å². The van der Waals surface area contributed by atoms with E-state index in [1.54, 1.807) is 0 Å². The van der Waals surface area contributed by atoms with Crippen LogP contribution < -0.4 is 5.32 Å². The lowest BCUT2D eigenvalue weighted by Gasteiger charge is -2.29. The Balaban J connectivity index is 2.12. The maximum Gasteiger partial charge on any atom is 0.416 e. The average molecular weight is 302 g/mol. The van der Waals surface area contributed by atoms with Gasteiger partial charge >= 0.3 is 12.1 Å². The van der Waals surface area contributed by atoms with Gasteiger partial charge in [0.2, 0.25) is 0 Å². The Kier molecular flexibility index (Phi) is 4.84. The minimum atomic E-state index is -4.41. The normalized spacial score (nSPS) is 18.4. The topological polar surface area (TPSA) is 52.6 Å². The molecule has 2 N–H and O–H groups in total. The third kappa shape index (κ3) is 4.18. The van der Waals surface area contributed by atoms with Crippen molar-refractivity contribution in [1.82, 2.24) is 10.2 Å². The number of hydrogen-bond acceptors (Lipinski definition) is 3. The molecule has 0 saturated carbocycles. The summed E-state index contributed by atoms with van der Waals surface area (Å²) in [6.45, 7) is 3.37. The maximum absolute atomic E-state index is 12.5. The van der Waals surface area contributed by atoms with Gasteiger partial charge in [0, 0.05) is 32.7 Å². The highest BCUT2D eigenvalue weighted by Gasteiger charge is 2.31. The van der Waals surface area contributed by atoms with Crippen LogP contribution in [0.1, 0.15) is 17.0 Å². The number of benzene rings is 1. The van der Waals surface area contributed by atoms with Crippen molar-refractivity contribution in [3.63, 3.8) is 0 Å². The highest BCUT2D eigenvalue weighted by atomic mass is 19.4. The molecule has 1 saturated heterocycles. The van der Waals surface area contributed by atoms with E-state index in [2.05, 4.69) is 5.32 Å². The van der Waals surface area contributed by atoms with Crippen LogP contribution in [0.3, 0.4) is 0 Å². The van der Waals surface area contributed by atoms with Crippen LogP contribution in [0.5, 0.6) is 0 Å². The van der Waals surface area contributed by atoms with Crippen LogP contribution in [-0.2, 0) is 11.0 Å². The number of carboxylic acid groups (broad SMARTS) is 1. The second-order valence-corrected chi connectivity index (χ2v) is 5.06. The Morgan fingerprint density at radius 2 is 1.81 bits per heavy atom. The molecule has 21 heavy (non-hydrogen) atoms. The van der Waals surface area contributed by atoms with E-state index in [1.807, 2.05) is 4.90 Å². The Morgan fingerprint density at radius 3 is 2.29 bits per heavy atom. The van der Waals surface area contributed by atoms with E-state index >= 15 is 0 Å². The zero-order valence-corrected chi connectivity index (χ0v) is 11.4. The fourth-order valence-electron chi connectivity index (χ4n) is 2.38. The molecular weight excluding hydrogens is 285 g/mol. The van der Waals surface area contributed by atoms with Gasteiger partial charge in [-0.2, -0.15) is 13.2 Å². The third-order valence-corrected chi connectivity index (χ3v) is 3.59. The summed E-state index contributed by atoms with van der Waals surface area (Å²) in [6.07, 6.45) is -4.41. The average Bonchev–Trinajstić information content (AvgIpc) is 2.45. The number of halogens is 3. The summed E-state index contributed by atoms with van der Waals surface area (Å²) in [5.74, 6) is -1.83. The smallest absolute Gasteiger partial charge is 0.416 e. The second-order valence-electron chi connectivity index (χ2n) is 5.06. The molecule has 1 unspecified atom stereocenters. The third-order valence-electron chi connectivity index (χ3n) is 3.59. The van der Waals surface area contributed by atoms with Gasteiger partial charge < -0.3 is 10.4 Å². The van der Waals surface area contributed by atoms with Crippen LogP contribution >= 0.6 is 0 Å². The zero-order valence-electron chi connectivity index (χ0n) is 11.4. The van der Waals surface area contributed by atoms with Gasteiger partial charge in [0.05, 0.1) is 11.5 Å². The lowest BCUT2D eigenvalue weighted by Crippen LogP contribution is -2.45. The number of alkyl halides is 3. The molecule has 0 amide bonds. The van der Waals surface area contributed by atoms with Gasteiger partial charge in [0.25, 0.3) is 0 Å². The minimum absolute atomic E-state index is 0.308. The maximum atomic E-state index is 12.5. The number of aliphatic carboxylic acids is 1. The molecule has 1 atom stereocenters. The van der Waals surface area contributed by atoms with Crippen molar-refractivity contribution in [2.24, 2.45) is 0 Å². The Labute approximate surface area is 120 Å². The van der Waals surface area contributed by atoms with Gasteiger partial charge in [-0.3, -0.25) is 9.69 Å². The molecule has 1 fully saturated rings. The van der Waals surface area contributed by atoms with Crippen LogP contribution in [0.4, 0.5) is 13.2 Å². The van der Waals surface area contributed by atoms with E-state index in [0.29, 0.717) is 12.1 Å². The van der Waals surface area contributed by atoms with Crippen molar-refractivity contribution < 1.29 is 23.1 Å². The summed E-state index contributed by atoms with van der Waals surface area (Å²) in [5.41, 5.74) is -0.369. The first kappa shape index (κ1) is 15.8. The number of nitrogens with one attached hydrogen (secondary N) is 1. The van der Waals surface area contributed by atoms with Gasteiger partial charge in [-0.15, -0.1) is 0 Å². The van der Waals surface area contributed by atoms with Gasteiger partial charge in [-0.1, -0.05) is 12.1 Å². The number of carbonyl (C=O) groups is 1. The molecule has 1 aliphatic rings. The molecule has 4 nitrogen and oxygen atoms in total. The highest BCUT2D eigenvalue weighted by molar-refractivity contribution is 5.76. The zero-order chi connectivity index (χ0) is 15.5. The van der Waals surface area contributed by atoms with Crippen molar-refractivity contribution in [3.05, 3.63) is 35.4 Å². The lowest BCUT2D eigenvalue weighted by molar-refractivity contribution is -0.139. The number of nitrogens with zero attached hydrogens (tertiary/aromatic N) is 1. The fourth-order valence-corrected chi connectivity index (χ4v) is 2.38. The molecule has 116 valence electrons. The number of hydrogen-bond donors (Lipinski definition) is 2. The minimum Gasteiger partial charge on any atom is -0.481 e. The summed E-state index contributed by atoms with van der Waals surface area (Å²) < 4.78 is 37.6. The second kappa shape index (κ2) is 6.44. The van der Waals surface area contributed by atoms with E-state index in [0.717, 1.165) is 38.3 Å². The summed E-state index contributed by atoms with van der Waals surface area (Å²) in [4.78, 5) is 13.4. The summed E-state index contributed by atoms with van der Waals surface area (Å²) in [6, 6.07) is 4.37. The molecule has 0 aromatic heterocycles. The molecule has 0 radical (unpaired) electrons. The molecule has 0 aliphatic carbocycles. The summed E-state index contributed by atoms with van der Waals surface area (Å²) in [5, 5.41) is 12.5. The molecule has 1 aromatic carbocycles. The molecule has 1 aliphatic heterocycles. The van der Waals surface area contributed by atoms with Crippen LogP contribution in [0.25, 0.3) is 0 Å². The monoisotopic (exact) mass is 302 g/mol. The molecule has 1 aromatic rings. The van der Waals surface area contributed by atoms with Gasteiger partial charge in [-0.05, 0) is 17.7 Å². The van der Waals surface area contributed by atoms with E-state index in [9.17, 15) is 23.1 Å². The molecule has 2 rings (SSSR count). The lowest BCUT2D eigenvalue weighted by atomic mass is 9.97. The van der Waals surface area contributed by atoms with Crippen molar-refractivity contribution in [3.8, 4) is 0 Å². The van der Waals surface area contributed by atoms with E-state index in [-0.39, 0.29) is 0 Å². The van der Waals surface area contributed by atoms with Gasteiger partial charge in [0.15, 0.2) is 0 Å². The van der Waals surface area contributed by atoms with Crippen LogP contribution in [0.15, 0.2) is 24.3 Å². The SMILES string of the molecule is O=C(O)C(CN1CCNCC1)c1ccc(C(F)(F)F)cc1. The highest BCUT2D eigenvalue weighted by Crippen LogP contribution is 2.30. The van der Waals surface area contributed by atoms with Gasteiger partial charge in [0.1, 0.15) is 0 Å². The molecule has 7 heteroatoms. The predicted molar refractivity (Wildman–Crippen MR) is 71.1 cm³/mol. The first-order chi connectivity index (χ1) is 9.88. The Morgan fingerprint density at radius 1 is 1.24 bits per heavy atom. The first-order valence-electron chi connectivity index (χ1n) is 6.71. The first-order valence-corrected chi connectivity index (χ1v) is 6.71. The van der Waals surface area contributed by atoms with E-state index in [1.165, 1.54) is 12.1 Å². The van der Waals surface area contributed by atoms with E-state index in [4.69, 9.17) is 0 Å². The predicted octanol–water partition coefficient (Wildman–Crippen LogP) is 1.78. The van der Waals surface area contributed by atoms with Crippen molar-refractivity contribution >= 4 is 5.97 Å². The van der Waals surface area contributed by atoms with Crippen LogP contribution in [-0.4, -0.2) is 48.7 Å². The summed E-state index contributed by atoms with van der Waals surface area (Å²) >= 11 is 0. The Bertz CT molecular complexity index is 482. The number of carboxylic acids is 1. The molecular formula is C14H17F3N2O2. The molecule has 0 spiro atoms. The van der Waals surface area contributed by atoms with Crippen molar-refractivity contribution in [1.29, 1.82) is 0 Å². The molecule has 0 bridgehead atoms.